The van der Waals surface area contributed by atoms with E-state index in [0.29, 0.717) is 16.7 Å². The van der Waals surface area contributed by atoms with Crippen molar-refractivity contribution in [2.24, 2.45) is 5.73 Å². The summed E-state index contributed by atoms with van der Waals surface area (Å²) >= 11 is 3.39. The Bertz CT molecular complexity index is 911. The van der Waals surface area contributed by atoms with E-state index in [1.807, 2.05) is 31.2 Å². The van der Waals surface area contributed by atoms with Gasteiger partial charge in [-0.25, -0.2) is 4.39 Å². The van der Waals surface area contributed by atoms with Crippen LogP contribution in [0.1, 0.15) is 34.3 Å². The molecule has 0 aliphatic carbocycles. The maximum absolute atomic E-state index is 15.4. The number of primary amides is 1. The maximum atomic E-state index is 15.4. The number of hydrogen-bond acceptors (Lipinski definition) is 2. The van der Waals surface area contributed by atoms with Crippen LogP contribution in [0.3, 0.4) is 0 Å². The molecule has 0 bridgehead atoms. The topological polar surface area (TPSA) is 56.0 Å². The largest absolute Gasteiger partial charge is 0.366 e. The van der Waals surface area contributed by atoms with E-state index in [1.54, 1.807) is 36.7 Å². The highest BCUT2D eigenvalue weighted by Gasteiger charge is 2.23. The smallest absolute Gasteiger partial charge is 0.249 e. The molecular weight excluding hydrogens is 383 g/mol. The van der Waals surface area contributed by atoms with Crippen LogP contribution in [-0.2, 0) is 0 Å². The molecule has 0 radical (unpaired) electrons. The lowest BCUT2D eigenvalue weighted by Crippen LogP contribution is -2.17. The van der Waals surface area contributed by atoms with Crippen molar-refractivity contribution >= 4 is 21.8 Å². The van der Waals surface area contributed by atoms with Gasteiger partial charge in [-0.15, -0.1) is 0 Å². The normalized spacial score (nSPS) is 12.0. The number of aromatic nitrogens is 1. The van der Waals surface area contributed by atoms with Gasteiger partial charge in [0.25, 0.3) is 0 Å². The van der Waals surface area contributed by atoms with Crippen molar-refractivity contribution in [1.82, 2.24) is 4.98 Å². The van der Waals surface area contributed by atoms with Crippen LogP contribution in [0.2, 0.25) is 0 Å². The number of nitrogens with two attached hydrogens (primary N) is 1. The first-order valence-electron chi connectivity index (χ1n) is 7.77. The van der Waals surface area contributed by atoms with E-state index in [-0.39, 0.29) is 11.5 Å². The number of halogens is 2. The van der Waals surface area contributed by atoms with Crippen LogP contribution in [0.5, 0.6) is 0 Å². The van der Waals surface area contributed by atoms with Gasteiger partial charge >= 0.3 is 0 Å². The predicted molar refractivity (Wildman–Crippen MR) is 99.8 cm³/mol. The molecule has 1 aromatic heterocycles. The minimum atomic E-state index is -0.640. The molecule has 126 valence electrons. The summed E-state index contributed by atoms with van der Waals surface area (Å²) in [5.74, 6) is -1.39. The second kappa shape index (κ2) is 7.15. The lowest BCUT2D eigenvalue weighted by molar-refractivity contribution is 0.0998. The van der Waals surface area contributed by atoms with Crippen LogP contribution in [0, 0.1) is 5.82 Å². The molecule has 3 rings (SSSR count). The van der Waals surface area contributed by atoms with Crippen LogP contribution in [0.15, 0.2) is 65.4 Å². The maximum Gasteiger partial charge on any atom is 0.249 e. The molecule has 3 aromatic rings. The Morgan fingerprint density at radius 1 is 1.08 bits per heavy atom. The molecule has 0 saturated heterocycles. The first kappa shape index (κ1) is 17.3. The number of pyridine rings is 1. The average molecular weight is 399 g/mol. The third kappa shape index (κ3) is 3.46. The van der Waals surface area contributed by atoms with Gasteiger partial charge in [0.2, 0.25) is 5.91 Å². The first-order chi connectivity index (χ1) is 12.0. The van der Waals surface area contributed by atoms with Crippen molar-refractivity contribution in [2.75, 3.05) is 0 Å². The molecule has 5 heteroatoms. The lowest BCUT2D eigenvalue weighted by Gasteiger charge is -2.19. The number of nitrogens with zero attached hydrogens (tertiary/aromatic N) is 1. The third-order valence-corrected chi connectivity index (χ3v) is 4.77. The highest BCUT2D eigenvalue weighted by molar-refractivity contribution is 9.10. The molecule has 2 N–H and O–H groups in total. The van der Waals surface area contributed by atoms with Gasteiger partial charge in [-0.2, -0.15) is 0 Å². The average Bonchev–Trinajstić information content (AvgIpc) is 2.62. The Hall–Kier alpha value is -2.53. The van der Waals surface area contributed by atoms with Crippen molar-refractivity contribution < 1.29 is 9.18 Å². The second-order valence-corrected chi connectivity index (χ2v) is 6.68. The SMILES string of the molecule is C[C@@H](c1ccc(Br)cc1)c1c(C(N)=O)ccc(-c2ccncc2)c1F. The second-order valence-electron chi connectivity index (χ2n) is 5.76. The highest BCUT2D eigenvalue weighted by Crippen LogP contribution is 2.34. The molecule has 0 spiro atoms. The molecule has 3 nitrogen and oxygen atoms in total. The van der Waals surface area contributed by atoms with Gasteiger partial charge in [-0.3, -0.25) is 9.78 Å². The van der Waals surface area contributed by atoms with Gasteiger partial charge < -0.3 is 5.73 Å². The van der Waals surface area contributed by atoms with Crippen molar-refractivity contribution in [3.63, 3.8) is 0 Å². The van der Waals surface area contributed by atoms with E-state index in [9.17, 15) is 4.79 Å². The molecule has 1 atom stereocenters. The Morgan fingerprint density at radius 3 is 2.32 bits per heavy atom. The van der Waals surface area contributed by atoms with Crippen LogP contribution >= 0.6 is 15.9 Å². The van der Waals surface area contributed by atoms with Crippen molar-refractivity contribution in [3.8, 4) is 11.1 Å². The molecule has 0 fully saturated rings. The van der Waals surface area contributed by atoms with Gasteiger partial charge in [-0.05, 0) is 41.5 Å². The molecule has 0 aliphatic heterocycles. The van der Waals surface area contributed by atoms with Gasteiger partial charge in [0, 0.05) is 39.5 Å². The molecule has 1 heterocycles. The molecule has 0 saturated carbocycles. The van der Waals surface area contributed by atoms with Crippen molar-refractivity contribution in [3.05, 3.63) is 87.9 Å². The molecular formula is C20H16BrFN2O. The summed E-state index contributed by atoms with van der Waals surface area (Å²) in [7, 11) is 0. The van der Waals surface area contributed by atoms with Crippen LogP contribution in [0.25, 0.3) is 11.1 Å². The van der Waals surface area contributed by atoms with E-state index in [1.165, 1.54) is 0 Å². The predicted octanol–water partition coefficient (Wildman–Crippen LogP) is 4.90. The number of carbonyl (C=O) groups is 1. The van der Waals surface area contributed by atoms with E-state index in [0.717, 1.165) is 10.0 Å². The van der Waals surface area contributed by atoms with Crippen LogP contribution < -0.4 is 5.73 Å². The quantitative estimate of drug-likeness (QED) is 0.679. The molecule has 1 amide bonds. The summed E-state index contributed by atoms with van der Waals surface area (Å²) in [5.41, 5.74) is 8.02. The van der Waals surface area contributed by atoms with Gasteiger partial charge in [0.05, 0.1) is 0 Å². The summed E-state index contributed by atoms with van der Waals surface area (Å²) in [6, 6.07) is 14.2. The van der Waals surface area contributed by atoms with Crippen molar-refractivity contribution in [1.29, 1.82) is 0 Å². The van der Waals surface area contributed by atoms with E-state index in [4.69, 9.17) is 5.73 Å². The molecule has 0 unspecified atom stereocenters. The first-order valence-corrected chi connectivity index (χ1v) is 8.56. The third-order valence-electron chi connectivity index (χ3n) is 4.24. The Labute approximate surface area is 153 Å². The minimum absolute atomic E-state index is 0.200. The number of carbonyl (C=O) groups excluding carboxylic acids is 1. The lowest BCUT2D eigenvalue weighted by atomic mass is 9.86. The number of rotatable bonds is 4. The monoisotopic (exact) mass is 398 g/mol. The molecule has 25 heavy (non-hydrogen) atoms. The fraction of sp³-hybridized carbons (Fsp3) is 0.100. The fourth-order valence-corrected chi connectivity index (χ4v) is 3.17. The number of amides is 1. The van der Waals surface area contributed by atoms with Gasteiger partial charge in [0.15, 0.2) is 0 Å². The van der Waals surface area contributed by atoms with E-state index < -0.39 is 11.7 Å². The van der Waals surface area contributed by atoms with Gasteiger partial charge in [0.1, 0.15) is 5.82 Å². The van der Waals surface area contributed by atoms with Crippen molar-refractivity contribution in [2.45, 2.75) is 12.8 Å². The summed E-state index contributed by atoms with van der Waals surface area (Å²) in [6.45, 7) is 1.87. The summed E-state index contributed by atoms with van der Waals surface area (Å²) in [6.07, 6.45) is 3.21. The minimum Gasteiger partial charge on any atom is -0.366 e. The Morgan fingerprint density at radius 2 is 1.72 bits per heavy atom. The fourth-order valence-electron chi connectivity index (χ4n) is 2.90. The van der Waals surface area contributed by atoms with E-state index in [2.05, 4.69) is 20.9 Å². The summed E-state index contributed by atoms with van der Waals surface area (Å²) in [4.78, 5) is 15.8. The zero-order chi connectivity index (χ0) is 18.0. The van der Waals surface area contributed by atoms with E-state index >= 15 is 4.39 Å². The summed E-state index contributed by atoms with van der Waals surface area (Å²) in [5, 5.41) is 0. The van der Waals surface area contributed by atoms with Crippen LogP contribution in [-0.4, -0.2) is 10.9 Å². The molecule has 0 aliphatic rings. The Balaban J connectivity index is 2.18. The number of hydrogen-bond donors (Lipinski definition) is 1. The number of benzene rings is 2. The summed E-state index contributed by atoms with van der Waals surface area (Å²) < 4.78 is 16.3. The Kier molecular flexibility index (Phi) is 4.95. The molecule has 2 aromatic carbocycles. The van der Waals surface area contributed by atoms with Gasteiger partial charge in [-0.1, -0.05) is 41.1 Å². The zero-order valence-corrected chi connectivity index (χ0v) is 15.1. The zero-order valence-electron chi connectivity index (χ0n) is 13.5. The van der Waals surface area contributed by atoms with Crippen LogP contribution in [0.4, 0.5) is 4.39 Å². The standard InChI is InChI=1S/C20H16BrFN2O/c1-12(13-2-4-15(21)5-3-13)18-17(20(23)25)7-6-16(19(18)22)14-8-10-24-11-9-14/h2-12H,1H3,(H2,23,25)/t12-/m0/s1. The highest BCUT2D eigenvalue weighted by atomic mass is 79.9.